The van der Waals surface area contributed by atoms with Crippen molar-refractivity contribution in [2.75, 3.05) is 5.73 Å². The molecule has 1 atom stereocenters. The smallest absolute Gasteiger partial charge is 0.287 e. The lowest BCUT2D eigenvalue weighted by Gasteiger charge is -2.13. The standard InChI is InChI=1S/C13H14N2O2/c1-9(10-4-2-5-11(14)8-10)15-13(16)12-6-3-7-17-12/h2-9H,14H2,1H3,(H,15,16). The van der Waals surface area contributed by atoms with E-state index in [-0.39, 0.29) is 11.9 Å². The van der Waals surface area contributed by atoms with Crippen molar-refractivity contribution in [1.29, 1.82) is 0 Å². The summed E-state index contributed by atoms with van der Waals surface area (Å²) >= 11 is 0. The van der Waals surface area contributed by atoms with Crippen LogP contribution in [0, 0.1) is 0 Å². The minimum Gasteiger partial charge on any atom is -0.459 e. The Morgan fingerprint density at radius 3 is 2.82 bits per heavy atom. The second-order valence-electron chi connectivity index (χ2n) is 3.84. The minimum atomic E-state index is -0.232. The molecule has 4 heteroatoms. The van der Waals surface area contributed by atoms with Crippen molar-refractivity contribution < 1.29 is 9.21 Å². The van der Waals surface area contributed by atoms with Crippen LogP contribution in [0.3, 0.4) is 0 Å². The third-order valence-electron chi connectivity index (χ3n) is 2.50. The molecule has 0 spiro atoms. The average molecular weight is 230 g/mol. The Labute approximate surface area is 99.4 Å². The number of benzene rings is 1. The van der Waals surface area contributed by atoms with Gasteiger partial charge in [0.15, 0.2) is 5.76 Å². The van der Waals surface area contributed by atoms with Crippen LogP contribution in [0.4, 0.5) is 5.69 Å². The molecule has 0 radical (unpaired) electrons. The largest absolute Gasteiger partial charge is 0.459 e. The van der Waals surface area contributed by atoms with Crippen molar-refractivity contribution in [3.05, 3.63) is 54.0 Å². The Balaban J connectivity index is 2.07. The summed E-state index contributed by atoms with van der Waals surface area (Å²) in [4.78, 5) is 11.7. The molecule has 0 saturated heterocycles. The van der Waals surface area contributed by atoms with Crippen molar-refractivity contribution in [2.45, 2.75) is 13.0 Å². The van der Waals surface area contributed by atoms with Gasteiger partial charge < -0.3 is 15.5 Å². The van der Waals surface area contributed by atoms with Gasteiger partial charge in [0.25, 0.3) is 5.91 Å². The van der Waals surface area contributed by atoms with Crippen LogP contribution in [-0.4, -0.2) is 5.91 Å². The Morgan fingerprint density at radius 2 is 2.18 bits per heavy atom. The summed E-state index contributed by atoms with van der Waals surface area (Å²) < 4.78 is 5.02. The molecule has 0 fully saturated rings. The summed E-state index contributed by atoms with van der Waals surface area (Å²) in [6.07, 6.45) is 1.47. The molecule has 1 heterocycles. The zero-order chi connectivity index (χ0) is 12.3. The molecule has 0 aliphatic carbocycles. The van der Waals surface area contributed by atoms with E-state index in [1.807, 2.05) is 31.2 Å². The van der Waals surface area contributed by atoms with Crippen LogP contribution in [-0.2, 0) is 0 Å². The zero-order valence-corrected chi connectivity index (χ0v) is 9.51. The number of nitrogen functional groups attached to an aromatic ring is 1. The Bertz CT molecular complexity index is 506. The van der Waals surface area contributed by atoms with Gasteiger partial charge in [-0.15, -0.1) is 0 Å². The van der Waals surface area contributed by atoms with Gasteiger partial charge in [0, 0.05) is 5.69 Å². The van der Waals surface area contributed by atoms with Crippen molar-refractivity contribution in [2.24, 2.45) is 0 Å². The van der Waals surface area contributed by atoms with Gasteiger partial charge in [-0.25, -0.2) is 0 Å². The van der Waals surface area contributed by atoms with E-state index in [1.165, 1.54) is 6.26 Å². The van der Waals surface area contributed by atoms with E-state index in [0.29, 0.717) is 11.4 Å². The summed E-state index contributed by atoms with van der Waals surface area (Å²) in [7, 11) is 0. The van der Waals surface area contributed by atoms with E-state index < -0.39 is 0 Å². The summed E-state index contributed by atoms with van der Waals surface area (Å²) in [6.45, 7) is 1.90. The lowest BCUT2D eigenvalue weighted by atomic mass is 10.1. The second kappa shape index (κ2) is 4.74. The quantitative estimate of drug-likeness (QED) is 0.795. The third-order valence-corrected chi connectivity index (χ3v) is 2.50. The SMILES string of the molecule is CC(NC(=O)c1ccco1)c1cccc(N)c1. The number of nitrogens with two attached hydrogens (primary N) is 1. The lowest BCUT2D eigenvalue weighted by molar-refractivity contribution is 0.0912. The average Bonchev–Trinajstić information content (AvgIpc) is 2.82. The summed E-state index contributed by atoms with van der Waals surface area (Å²) in [5, 5.41) is 2.84. The highest BCUT2D eigenvalue weighted by atomic mass is 16.3. The number of anilines is 1. The maximum Gasteiger partial charge on any atom is 0.287 e. The molecule has 4 nitrogen and oxygen atoms in total. The number of hydrogen-bond acceptors (Lipinski definition) is 3. The molecule has 0 aliphatic rings. The van der Waals surface area contributed by atoms with Crippen LogP contribution in [0.5, 0.6) is 0 Å². The normalized spacial score (nSPS) is 12.1. The van der Waals surface area contributed by atoms with Crippen LogP contribution in [0.1, 0.15) is 29.1 Å². The van der Waals surface area contributed by atoms with Gasteiger partial charge in [0.05, 0.1) is 12.3 Å². The second-order valence-corrected chi connectivity index (χ2v) is 3.84. The first kappa shape index (κ1) is 11.3. The van der Waals surface area contributed by atoms with Gasteiger partial charge >= 0.3 is 0 Å². The maximum atomic E-state index is 11.7. The third kappa shape index (κ3) is 2.66. The Kier molecular flexibility index (Phi) is 3.14. The molecule has 1 aromatic carbocycles. The first-order chi connectivity index (χ1) is 8.16. The van der Waals surface area contributed by atoms with E-state index in [0.717, 1.165) is 5.56 Å². The first-order valence-corrected chi connectivity index (χ1v) is 5.36. The topological polar surface area (TPSA) is 68.3 Å². The number of hydrogen-bond donors (Lipinski definition) is 2. The fourth-order valence-corrected chi connectivity index (χ4v) is 1.59. The van der Waals surface area contributed by atoms with Crippen molar-refractivity contribution >= 4 is 11.6 Å². The summed E-state index contributed by atoms with van der Waals surface area (Å²) in [5.74, 6) is 0.0747. The monoisotopic (exact) mass is 230 g/mol. The number of amides is 1. The molecule has 2 aromatic rings. The predicted octanol–water partition coefficient (Wildman–Crippen LogP) is 2.35. The van der Waals surface area contributed by atoms with Crippen LogP contribution >= 0.6 is 0 Å². The van der Waals surface area contributed by atoms with Gasteiger partial charge in [-0.3, -0.25) is 4.79 Å². The fraction of sp³-hybridized carbons (Fsp3) is 0.154. The summed E-state index contributed by atoms with van der Waals surface area (Å²) in [6, 6.07) is 10.6. The van der Waals surface area contributed by atoms with Gasteiger partial charge in [-0.1, -0.05) is 12.1 Å². The van der Waals surface area contributed by atoms with E-state index in [4.69, 9.17) is 10.2 Å². The van der Waals surface area contributed by atoms with Crippen LogP contribution in [0.2, 0.25) is 0 Å². The number of carbonyl (C=O) groups is 1. The molecule has 0 aliphatic heterocycles. The molecule has 1 aromatic heterocycles. The zero-order valence-electron chi connectivity index (χ0n) is 9.51. The van der Waals surface area contributed by atoms with Crippen LogP contribution < -0.4 is 11.1 Å². The minimum absolute atomic E-state index is 0.115. The molecule has 0 bridgehead atoms. The number of furan rings is 1. The van der Waals surface area contributed by atoms with E-state index >= 15 is 0 Å². The maximum absolute atomic E-state index is 11.7. The van der Waals surface area contributed by atoms with Crippen molar-refractivity contribution in [1.82, 2.24) is 5.32 Å². The first-order valence-electron chi connectivity index (χ1n) is 5.36. The molecule has 1 amide bonds. The highest BCUT2D eigenvalue weighted by Crippen LogP contribution is 2.15. The molecule has 0 saturated carbocycles. The molecular formula is C13H14N2O2. The van der Waals surface area contributed by atoms with Gasteiger partial charge in [-0.2, -0.15) is 0 Å². The Hall–Kier alpha value is -2.23. The number of nitrogens with one attached hydrogen (secondary N) is 1. The fourth-order valence-electron chi connectivity index (χ4n) is 1.59. The van der Waals surface area contributed by atoms with Crippen LogP contribution in [0.15, 0.2) is 47.1 Å². The molecule has 3 N–H and O–H groups in total. The van der Waals surface area contributed by atoms with E-state index in [9.17, 15) is 4.79 Å². The molecule has 1 unspecified atom stereocenters. The van der Waals surface area contributed by atoms with E-state index in [2.05, 4.69) is 5.32 Å². The molecule has 17 heavy (non-hydrogen) atoms. The lowest BCUT2D eigenvalue weighted by Crippen LogP contribution is -2.26. The predicted molar refractivity (Wildman–Crippen MR) is 65.4 cm³/mol. The number of rotatable bonds is 3. The van der Waals surface area contributed by atoms with Crippen LogP contribution in [0.25, 0.3) is 0 Å². The van der Waals surface area contributed by atoms with E-state index in [1.54, 1.807) is 12.1 Å². The molecule has 88 valence electrons. The van der Waals surface area contributed by atoms with Gasteiger partial charge in [0.2, 0.25) is 0 Å². The molecule has 2 rings (SSSR count). The van der Waals surface area contributed by atoms with Crippen molar-refractivity contribution in [3.63, 3.8) is 0 Å². The van der Waals surface area contributed by atoms with Gasteiger partial charge in [0.1, 0.15) is 0 Å². The highest BCUT2D eigenvalue weighted by molar-refractivity contribution is 5.91. The molecular weight excluding hydrogens is 216 g/mol. The van der Waals surface area contributed by atoms with Gasteiger partial charge in [-0.05, 0) is 36.8 Å². The summed E-state index contributed by atoms with van der Waals surface area (Å²) in [5.41, 5.74) is 7.34. The highest BCUT2D eigenvalue weighted by Gasteiger charge is 2.13. The number of carbonyl (C=O) groups excluding carboxylic acids is 1. The van der Waals surface area contributed by atoms with Crippen molar-refractivity contribution in [3.8, 4) is 0 Å². The Morgan fingerprint density at radius 1 is 1.35 bits per heavy atom.